The number of fused-ring (bicyclic) bond motifs is 1. The van der Waals surface area contributed by atoms with Crippen LogP contribution in [0.5, 0.6) is 0 Å². The highest BCUT2D eigenvalue weighted by Crippen LogP contribution is 2.33. The third-order valence-corrected chi connectivity index (χ3v) is 6.48. The Labute approximate surface area is 176 Å². The van der Waals surface area contributed by atoms with Crippen LogP contribution in [-0.2, 0) is 4.79 Å². The molecule has 0 unspecified atom stereocenters. The number of nitrogens with zero attached hydrogens (tertiary/aromatic N) is 2. The van der Waals surface area contributed by atoms with E-state index in [1.165, 1.54) is 35.6 Å². The number of hydrogen-bond acceptors (Lipinski definition) is 4. The van der Waals surface area contributed by atoms with Crippen LogP contribution >= 0.6 is 11.3 Å². The number of amides is 2. The van der Waals surface area contributed by atoms with Gasteiger partial charge in [-0.1, -0.05) is 12.1 Å². The van der Waals surface area contributed by atoms with Crippen molar-refractivity contribution in [3.8, 4) is 0 Å². The van der Waals surface area contributed by atoms with Crippen molar-refractivity contribution >= 4 is 38.9 Å². The van der Waals surface area contributed by atoms with Gasteiger partial charge in [-0.25, -0.2) is 8.78 Å². The van der Waals surface area contributed by atoms with Gasteiger partial charge in [-0.05, 0) is 42.8 Å². The molecule has 0 spiro atoms. The Morgan fingerprint density at radius 2 is 1.80 bits per heavy atom. The highest BCUT2D eigenvalue weighted by molar-refractivity contribution is 7.21. The Morgan fingerprint density at radius 3 is 2.50 bits per heavy atom. The molecular weight excluding hydrogens is 408 g/mol. The Bertz CT molecular complexity index is 1110. The van der Waals surface area contributed by atoms with Gasteiger partial charge in [0, 0.05) is 42.0 Å². The van der Waals surface area contributed by atoms with Gasteiger partial charge in [0.25, 0.3) is 5.91 Å². The van der Waals surface area contributed by atoms with Crippen molar-refractivity contribution in [1.29, 1.82) is 0 Å². The monoisotopic (exact) mass is 429 g/mol. The van der Waals surface area contributed by atoms with Gasteiger partial charge in [-0.15, -0.1) is 11.3 Å². The van der Waals surface area contributed by atoms with Crippen molar-refractivity contribution in [2.24, 2.45) is 0 Å². The van der Waals surface area contributed by atoms with Crippen molar-refractivity contribution in [2.75, 3.05) is 38.0 Å². The summed E-state index contributed by atoms with van der Waals surface area (Å²) in [6.45, 7) is 4.04. The summed E-state index contributed by atoms with van der Waals surface area (Å²) in [5.74, 6) is -1.04. The van der Waals surface area contributed by atoms with Gasteiger partial charge in [-0.2, -0.15) is 0 Å². The molecule has 2 aromatic carbocycles. The molecule has 1 aliphatic heterocycles. The van der Waals surface area contributed by atoms with Gasteiger partial charge in [0.2, 0.25) is 5.91 Å². The van der Waals surface area contributed by atoms with Crippen LogP contribution in [0.2, 0.25) is 0 Å². The van der Waals surface area contributed by atoms with Crippen LogP contribution in [0, 0.1) is 18.6 Å². The molecule has 1 aromatic heterocycles. The summed E-state index contributed by atoms with van der Waals surface area (Å²) >= 11 is 1.31. The zero-order valence-electron chi connectivity index (χ0n) is 16.5. The van der Waals surface area contributed by atoms with E-state index in [0.29, 0.717) is 47.7 Å². The van der Waals surface area contributed by atoms with Crippen LogP contribution in [0.25, 0.3) is 10.1 Å². The molecule has 1 aliphatic rings. The molecule has 3 aromatic rings. The Kier molecular flexibility index (Phi) is 5.78. The van der Waals surface area contributed by atoms with E-state index in [1.807, 2.05) is 11.0 Å². The lowest BCUT2D eigenvalue weighted by Gasteiger charge is -2.34. The van der Waals surface area contributed by atoms with Crippen LogP contribution in [0.3, 0.4) is 0 Å². The molecular formula is C22H21F2N3O2S. The highest BCUT2D eigenvalue weighted by atomic mass is 32.1. The molecule has 5 nitrogen and oxygen atoms in total. The number of thiophene rings is 1. The number of anilines is 1. The Hall–Kier alpha value is -2.84. The number of carbonyl (C=O) groups is 2. The van der Waals surface area contributed by atoms with Crippen LogP contribution in [0.15, 0.2) is 42.5 Å². The number of carbonyl (C=O) groups excluding carboxylic acids is 2. The maximum atomic E-state index is 14.1. The third-order valence-electron chi connectivity index (χ3n) is 5.23. The minimum Gasteiger partial charge on any atom is -0.335 e. The number of benzene rings is 2. The largest absolute Gasteiger partial charge is 0.335 e. The molecule has 30 heavy (non-hydrogen) atoms. The van der Waals surface area contributed by atoms with Gasteiger partial charge in [0.15, 0.2) is 0 Å². The van der Waals surface area contributed by atoms with Gasteiger partial charge < -0.3 is 10.2 Å². The Balaban J connectivity index is 1.35. The molecule has 1 fully saturated rings. The first-order valence-electron chi connectivity index (χ1n) is 9.67. The first-order chi connectivity index (χ1) is 14.4. The SMILES string of the molecule is Cc1c(C(=O)N2CCN(CC(=O)Nc3cccc(F)c3)CC2)sc2cccc(F)c12. The second-order valence-corrected chi connectivity index (χ2v) is 8.35. The molecule has 4 rings (SSSR count). The van der Waals surface area contributed by atoms with Crippen molar-refractivity contribution in [3.05, 3.63) is 64.5 Å². The van der Waals surface area contributed by atoms with E-state index < -0.39 is 5.82 Å². The quantitative estimate of drug-likeness (QED) is 0.685. The summed E-state index contributed by atoms with van der Waals surface area (Å²) in [6, 6.07) is 10.6. The second-order valence-electron chi connectivity index (χ2n) is 7.30. The molecule has 1 saturated heterocycles. The first-order valence-corrected chi connectivity index (χ1v) is 10.5. The minimum atomic E-state index is -0.406. The number of piperazine rings is 1. The minimum absolute atomic E-state index is 0.100. The summed E-state index contributed by atoms with van der Waals surface area (Å²) in [7, 11) is 0. The lowest BCUT2D eigenvalue weighted by molar-refractivity contribution is -0.117. The summed E-state index contributed by atoms with van der Waals surface area (Å²) in [6.07, 6.45) is 0. The molecule has 1 N–H and O–H groups in total. The molecule has 0 atom stereocenters. The molecule has 2 amide bonds. The van der Waals surface area contributed by atoms with E-state index in [1.54, 1.807) is 24.0 Å². The molecule has 8 heteroatoms. The van der Waals surface area contributed by atoms with Gasteiger partial charge in [0.1, 0.15) is 11.6 Å². The molecule has 0 aliphatic carbocycles. The summed E-state index contributed by atoms with van der Waals surface area (Å²) < 4.78 is 28.1. The molecule has 0 radical (unpaired) electrons. The summed E-state index contributed by atoms with van der Waals surface area (Å²) in [5, 5.41) is 3.20. The number of aryl methyl sites for hydroxylation is 1. The fourth-order valence-electron chi connectivity index (χ4n) is 3.68. The van der Waals surface area contributed by atoms with Crippen molar-refractivity contribution in [2.45, 2.75) is 6.92 Å². The van der Waals surface area contributed by atoms with Gasteiger partial charge >= 0.3 is 0 Å². The maximum absolute atomic E-state index is 14.1. The van der Waals surface area contributed by atoms with Crippen LogP contribution in [-0.4, -0.2) is 54.3 Å². The van der Waals surface area contributed by atoms with Crippen LogP contribution < -0.4 is 5.32 Å². The van der Waals surface area contributed by atoms with E-state index in [4.69, 9.17) is 0 Å². The average Bonchev–Trinajstić information content (AvgIpc) is 3.06. The summed E-state index contributed by atoms with van der Waals surface area (Å²) in [5.41, 5.74) is 1.09. The van der Waals surface area contributed by atoms with Gasteiger partial charge in [0.05, 0.1) is 11.4 Å². The molecule has 156 valence electrons. The fourth-order valence-corrected chi connectivity index (χ4v) is 4.87. The van der Waals surface area contributed by atoms with E-state index >= 15 is 0 Å². The number of rotatable bonds is 4. The standard InChI is InChI=1S/C22H21F2N3O2S/c1-14-20-17(24)6-3-7-18(20)30-21(14)22(29)27-10-8-26(9-11-27)13-19(28)25-16-5-2-4-15(23)12-16/h2-7,12H,8-11,13H2,1H3,(H,25,28). The normalized spacial score (nSPS) is 14.8. The van der Waals surface area contributed by atoms with E-state index in [2.05, 4.69) is 5.32 Å². The number of nitrogens with one attached hydrogen (secondary N) is 1. The maximum Gasteiger partial charge on any atom is 0.264 e. The van der Waals surface area contributed by atoms with Gasteiger partial charge in [-0.3, -0.25) is 14.5 Å². The topological polar surface area (TPSA) is 52.7 Å². The van der Waals surface area contributed by atoms with Crippen LogP contribution in [0.1, 0.15) is 15.2 Å². The average molecular weight is 429 g/mol. The zero-order chi connectivity index (χ0) is 21.3. The number of halogens is 2. The van der Waals surface area contributed by atoms with Crippen molar-refractivity contribution < 1.29 is 18.4 Å². The Morgan fingerprint density at radius 1 is 1.07 bits per heavy atom. The second kappa shape index (κ2) is 8.49. The van der Waals surface area contributed by atoms with E-state index in [0.717, 1.165) is 4.70 Å². The third kappa shape index (κ3) is 4.20. The zero-order valence-corrected chi connectivity index (χ0v) is 17.3. The lowest BCUT2D eigenvalue weighted by atomic mass is 10.1. The van der Waals surface area contributed by atoms with E-state index in [9.17, 15) is 18.4 Å². The highest BCUT2D eigenvalue weighted by Gasteiger charge is 2.26. The molecule has 0 saturated carbocycles. The molecule has 0 bridgehead atoms. The van der Waals surface area contributed by atoms with Crippen molar-refractivity contribution in [3.63, 3.8) is 0 Å². The number of hydrogen-bond donors (Lipinski definition) is 1. The smallest absolute Gasteiger partial charge is 0.264 e. The van der Waals surface area contributed by atoms with Crippen LogP contribution in [0.4, 0.5) is 14.5 Å². The predicted octanol–water partition coefficient (Wildman–Crippen LogP) is 3.88. The molecule has 2 heterocycles. The predicted molar refractivity (Wildman–Crippen MR) is 114 cm³/mol. The van der Waals surface area contributed by atoms with E-state index in [-0.39, 0.29) is 24.2 Å². The van der Waals surface area contributed by atoms with Crippen molar-refractivity contribution in [1.82, 2.24) is 9.80 Å². The first kappa shape index (κ1) is 20.4. The summed E-state index contributed by atoms with van der Waals surface area (Å²) in [4.78, 5) is 29.5. The fraction of sp³-hybridized carbons (Fsp3) is 0.273. The lowest BCUT2D eigenvalue weighted by Crippen LogP contribution is -2.50.